The van der Waals surface area contributed by atoms with Crippen molar-refractivity contribution in [2.75, 3.05) is 39.7 Å². The highest BCUT2D eigenvalue weighted by Gasteiger charge is 2.19. The minimum Gasteiger partial charge on any atom is -0.493 e. The summed E-state index contributed by atoms with van der Waals surface area (Å²) in [6, 6.07) is 11.9. The van der Waals surface area contributed by atoms with E-state index in [-0.39, 0.29) is 11.8 Å². The molecule has 0 aliphatic rings. The van der Waals surface area contributed by atoms with E-state index in [0.717, 1.165) is 13.0 Å². The van der Waals surface area contributed by atoms with Crippen molar-refractivity contribution in [2.24, 2.45) is 0 Å². The van der Waals surface area contributed by atoms with E-state index in [9.17, 15) is 9.59 Å². The summed E-state index contributed by atoms with van der Waals surface area (Å²) in [5, 5.41) is 8.66. The van der Waals surface area contributed by atoms with E-state index in [1.807, 2.05) is 13.1 Å². The lowest BCUT2D eigenvalue weighted by atomic mass is 10.1. The zero-order valence-corrected chi connectivity index (χ0v) is 15.8. The Hall–Kier alpha value is -3.06. The van der Waals surface area contributed by atoms with Gasteiger partial charge in [0.25, 0.3) is 11.8 Å². The normalized spacial score (nSPS) is 10.2. The molecule has 2 aromatic carbocycles. The molecule has 2 rings (SSSR count). The maximum atomic E-state index is 12.6. The Balaban J connectivity index is 2.29. The Labute approximate surface area is 159 Å². The summed E-state index contributed by atoms with van der Waals surface area (Å²) in [6.07, 6.45) is 0.793. The van der Waals surface area contributed by atoms with E-state index in [0.29, 0.717) is 34.9 Å². The highest BCUT2D eigenvalue weighted by atomic mass is 16.5. The van der Waals surface area contributed by atoms with Gasteiger partial charge in [-0.15, -0.1) is 0 Å². The van der Waals surface area contributed by atoms with Crippen LogP contribution in [0.25, 0.3) is 0 Å². The van der Waals surface area contributed by atoms with Gasteiger partial charge in [-0.1, -0.05) is 18.2 Å². The average molecular weight is 371 g/mol. The van der Waals surface area contributed by atoms with Crippen LogP contribution >= 0.6 is 0 Å². The monoisotopic (exact) mass is 371 g/mol. The van der Waals surface area contributed by atoms with Gasteiger partial charge in [0.05, 0.1) is 25.5 Å². The van der Waals surface area contributed by atoms with Crippen LogP contribution in [0.2, 0.25) is 0 Å². The molecule has 0 fully saturated rings. The second-order valence-electron chi connectivity index (χ2n) is 5.79. The van der Waals surface area contributed by atoms with E-state index in [4.69, 9.17) is 9.47 Å². The Morgan fingerprint density at radius 1 is 0.926 bits per heavy atom. The molecule has 7 nitrogen and oxygen atoms in total. The van der Waals surface area contributed by atoms with Gasteiger partial charge in [-0.3, -0.25) is 9.59 Å². The third-order valence-electron chi connectivity index (χ3n) is 3.94. The highest BCUT2D eigenvalue weighted by molar-refractivity contribution is 6.09. The van der Waals surface area contributed by atoms with Gasteiger partial charge in [0.1, 0.15) is 0 Å². The lowest BCUT2D eigenvalue weighted by Crippen LogP contribution is -2.28. The van der Waals surface area contributed by atoms with Gasteiger partial charge >= 0.3 is 0 Å². The molecule has 0 bridgehead atoms. The number of amides is 2. The fourth-order valence-electron chi connectivity index (χ4n) is 2.52. The minimum atomic E-state index is -0.313. The molecule has 2 amide bonds. The third kappa shape index (κ3) is 5.46. The van der Waals surface area contributed by atoms with Gasteiger partial charge < -0.3 is 25.4 Å². The summed E-state index contributed by atoms with van der Waals surface area (Å²) in [4.78, 5) is 25.2. The van der Waals surface area contributed by atoms with Gasteiger partial charge in [-0.2, -0.15) is 0 Å². The van der Waals surface area contributed by atoms with Crippen molar-refractivity contribution in [1.29, 1.82) is 0 Å². The van der Waals surface area contributed by atoms with Crippen LogP contribution in [0.4, 0.5) is 5.69 Å². The maximum absolute atomic E-state index is 12.6. The first-order valence-corrected chi connectivity index (χ1v) is 8.66. The average Bonchev–Trinajstić information content (AvgIpc) is 2.71. The van der Waals surface area contributed by atoms with Crippen molar-refractivity contribution in [3.05, 3.63) is 53.6 Å². The third-order valence-corrected chi connectivity index (χ3v) is 3.94. The predicted octanol–water partition coefficient (Wildman–Crippen LogP) is 2.30. The summed E-state index contributed by atoms with van der Waals surface area (Å²) >= 11 is 0. The van der Waals surface area contributed by atoms with E-state index in [2.05, 4.69) is 16.0 Å². The quantitative estimate of drug-likeness (QED) is 0.589. The van der Waals surface area contributed by atoms with Gasteiger partial charge in [0.2, 0.25) is 0 Å². The number of rotatable bonds is 9. The van der Waals surface area contributed by atoms with Gasteiger partial charge in [-0.05, 0) is 38.2 Å². The molecule has 0 aliphatic heterocycles. The number of ether oxygens (including phenoxy) is 2. The largest absolute Gasteiger partial charge is 0.493 e. The molecule has 7 heteroatoms. The first-order valence-electron chi connectivity index (χ1n) is 8.66. The first-order chi connectivity index (χ1) is 13.1. The molecule has 27 heavy (non-hydrogen) atoms. The lowest BCUT2D eigenvalue weighted by Gasteiger charge is -2.16. The highest BCUT2D eigenvalue weighted by Crippen LogP contribution is 2.33. The Morgan fingerprint density at radius 2 is 1.59 bits per heavy atom. The van der Waals surface area contributed by atoms with Crippen molar-refractivity contribution < 1.29 is 19.1 Å². The Kier molecular flexibility index (Phi) is 7.63. The van der Waals surface area contributed by atoms with Crippen LogP contribution in [-0.2, 0) is 0 Å². The summed E-state index contributed by atoms with van der Waals surface area (Å²) in [5.41, 5.74) is 1.15. The topological polar surface area (TPSA) is 88.7 Å². The minimum absolute atomic E-state index is 0.296. The SMILES string of the molecule is CNCCCNC(=O)c1cc(OC)c(OC)cc1NC(=O)c1ccccc1. The molecule has 2 aromatic rings. The second-order valence-corrected chi connectivity index (χ2v) is 5.79. The Bertz CT molecular complexity index is 778. The van der Waals surface area contributed by atoms with E-state index < -0.39 is 0 Å². The van der Waals surface area contributed by atoms with Crippen LogP contribution in [0.1, 0.15) is 27.1 Å². The van der Waals surface area contributed by atoms with Crippen molar-refractivity contribution in [1.82, 2.24) is 10.6 Å². The van der Waals surface area contributed by atoms with Crippen LogP contribution in [-0.4, -0.2) is 46.2 Å². The molecule has 0 saturated heterocycles. The molecule has 144 valence electrons. The number of nitrogens with one attached hydrogen (secondary N) is 3. The van der Waals surface area contributed by atoms with E-state index >= 15 is 0 Å². The lowest BCUT2D eigenvalue weighted by molar-refractivity contribution is 0.0953. The van der Waals surface area contributed by atoms with Crippen molar-refractivity contribution in [3.63, 3.8) is 0 Å². The summed E-state index contributed by atoms with van der Waals surface area (Å²) in [7, 11) is 4.85. The molecule has 3 N–H and O–H groups in total. The fraction of sp³-hybridized carbons (Fsp3) is 0.300. The maximum Gasteiger partial charge on any atom is 0.255 e. The van der Waals surface area contributed by atoms with Crippen LogP contribution < -0.4 is 25.4 Å². The smallest absolute Gasteiger partial charge is 0.255 e. The number of benzene rings is 2. The molecular formula is C20H25N3O4. The molecular weight excluding hydrogens is 346 g/mol. The molecule has 0 heterocycles. The molecule has 0 aliphatic carbocycles. The summed E-state index contributed by atoms with van der Waals surface area (Å²) in [5.74, 6) is 0.227. The zero-order valence-electron chi connectivity index (χ0n) is 15.8. The van der Waals surface area contributed by atoms with Crippen LogP contribution in [0.5, 0.6) is 11.5 Å². The molecule has 0 unspecified atom stereocenters. The molecule has 0 spiro atoms. The standard InChI is InChI=1S/C20H25N3O4/c1-21-10-7-11-22-20(25)15-12-17(26-2)18(27-3)13-16(15)23-19(24)14-8-5-4-6-9-14/h4-6,8-9,12-13,21H,7,10-11H2,1-3H3,(H,22,25)(H,23,24). The molecule has 0 saturated carbocycles. The summed E-state index contributed by atoms with van der Waals surface area (Å²) < 4.78 is 10.6. The van der Waals surface area contributed by atoms with Gasteiger partial charge in [0, 0.05) is 18.2 Å². The van der Waals surface area contributed by atoms with Gasteiger partial charge in [-0.25, -0.2) is 0 Å². The van der Waals surface area contributed by atoms with Gasteiger partial charge in [0.15, 0.2) is 11.5 Å². The second kappa shape index (κ2) is 10.2. The van der Waals surface area contributed by atoms with E-state index in [1.165, 1.54) is 14.2 Å². The number of hydrogen-bond donors (Lipinski definition) is 3. The number of anilines is 1. The van der Waals surface area contributed by atoms with Crippen molar-refractivity contribution in [3.8, 4) is 11.5 Å². The molecule has 0 aromatic heterocycles. The van der Waals surface area contributed by atoms with E-state index in [1.54, 1.807) is 36.4 Å². The van der Waals surface area contributed by atoms with Crippen LogP contribution in [0.3, 0.4) is 0 Å². The Morgan fingerprint density at radius 3 is 2.22 bits per heavy atom. The zero-order chi connectivity index (χ0) is 19.6. The van der Waals surface area contributed by atoms with Crippen molar-refractivity contribution >= 4 is 17.5 Å². The predicted molar refractivity (Wildman–Crippen MR) is 105 cm³/mol. The fourth-order valence-corrected chi connectivity index (χ4v) is 2.52. The number of carbonyl (C=O) groups excluding carboxylic acids is 2. The van der Waals surface area contributed by atoms with Crippen LogP contribution in [0, 0.1) is 0 Å². The van der Waals surface area contributed by atoms with Crippen molar-refractivity contribution in [2.45, 2.75) is 6.42 Å². The molecule has 0 atom stereocenters. The number of hydrogen-bond acceptors (Lipinski definition) is 5. The number of carbonyl (C=O) groups is 2. The summed E-state index contributed by atoms with van der Waals surface area (Å²) in [6.45, 7) is 1.31. The number of methoxy groups -OCH3 is 2. The van der Waals surface area contributed by atoms with Crippen LogP contribution in [0.15, 0.2) is 42.5 Å². The first kappa shape index (κ1) is 20.3. The molecule has 0 radical (unpaired) electrons.